The first kappa shape index (κ1) is 25.5. The largest absolute Gasteiger partial charge is 0.496 e. The number of anilines is 1. The number of rotatable bonds is 7. The van der Waals surface area contributed by atoms with Gasteiger partial charge in [0.25, 0.3) is 11.8 Å². The fraction of sp³-hybridized carbons (Fsp3) is 0.227. The van der Waals surface area contributed by atoms with Crippen molar-refractivity contribution in [2.24, 2.45) is 5.73 Å². The Bertz CT molecular complexity index is 1290. The number of nitrogens with two attached hydrogens (primary N) is 2. The number of hydrogen-bond acceptors (Lipinski definition) is 5. The number of carbonyl (C=O) groups excluding carboxylic acids is 2. The summed E-state index contributed by atoms with van der Waals surface area (Å²) in [6.07, 6.45) is -4.74. The van der Waals surface area contributed by atoms with Crippen LogP contribution in [-0.2, 0) is 6.54 Å². The van der Waals surface area contributed by atoms with Gasteiger partial charge in [0.2, 0.25) is 0 Å². The van der Waals surface area contributed by atoms with Crippen molar-refractivity contribution < 1.29 is 36.3 Å². The van der Waals surface area contributed by atoms with Crippen LogP contribution in [-0.4, -0.2) is 34.9 Å². The van der Waals surface area contributed by atoms with Crippen LogP contribution in [0, 0.1) is 11.6 Å². The van der Waals surface area contributed by atoms with E-state index in [1.165, 1.54) is 19.2 Å². The third-order valence-corrected chi connectivity index (χ3v) is 5.18. The summed E-state index contributed by atoms with van der Waals surface area (Å²) < 4.78 is 73.3. The molecule has 0 radical (unpaired) electrons. The molecule has 0 saturated carbocycles. The lowest BCUT2D eigenvalue weighted by atomic mass is 10.0. The lowest BCUT2D eigenvalue weighted by Gasteiger charge is -2.17. The van der Waals surface area contributed by atoms with Gasteiger partial charge in [-0.2, -0.15) is 18.3 Å². The van der Waals surface area contributed by atoms with Gasteiger partial charge in [0.05, 0.1) is 12.7 Å². The minimum absolute atomic E-state index is 0.0736. The van der Waals surface area contributed by atoms with E-state index in [4.69, 9.17) is 16.2 Å². The maximum absolute atomic E-state index is 14.9. The van der Waals surface area contributed by atoms with Gasteiger partial charge in [-0.05, 0) is 42.8 Å². The number of alkyl halides is 3. The van der Waals surface area contributed by atoms with Crippen molar-refractivity contribution in [3.05, 3.63) is 64.7 Å². The number of hydrogen-bond donors (Lipinski definition) is 3. The Balaban J connectivity index is 1.89. The highest BCUT2D eigenvalue weighted by Crippen LogP contribution is 2.36. The summed E-state index contributed by atoms with van der Waals surface area (Å²) in [6.45, 7) is 0.591. The molecule has 0 bridgehead atoms. The molecule has 2 amide bonds. The predicted octanol–water partition coefficient (Wildman–Crippen LogP) is 3.57. The molecule has 0 spiro atoms. The lowest BCUT2D eigenvalue weighted by molar-refractivity contribution is -0.164. The number of nitrogens with zero attached hydrogens (tertiary/aromatic N) is 2. The fourth-order valence-corrected chi connectivity index (χ4v) is 3.31. The van der Waals surface area contributed by atoms with Gasteiger partial charge in [-0.15, -0.1) is 0 Å². The minimum atomic E-state index is -4.74. The van der Waals surface area contributed by atoms with Crippen LogP contribution in [0.3, 0.4) is 0 Å². The van der Waals surface area contributed by atoms with Crippen LogP contribution in [0.5, 0.6) is 5.75 Å². The molecule has 0 fully saturated rings. The molecule has 8 nitrogen and oxygen atoms in total. The van der Waals surface area contributed by atoms with E-state index in [0.717, 1.165) is 31.2 Å². The summed E-state index contributed by atoms with van der Waals surface area (Å²) in [5.74, 6) is -4.00. The van der Waals surface area contributed by atoms with Crippen LogP contribution in [0.15, 0.2) is 36.4 Å². The predicted molar refractivity (Wildman–Crippen MR) is 115 cm³/mol. The van der Waals surface area contributed by atoms with Gasteiger partial charge in [-0.3, -0.25) is 9.59 Å². The Morgan fingerprint density at radius 3 is 2.43 bits per heavy atom. The van der Waals surface area contributed by atoms with Crippen LogP contribution >= 0.6 is 0 Å². The molecule has 0 saturated heterocycles. The maximum Gasteiger partial charge on any atom is 0.410 e. The van der Waals surface area contributed by atoms with Gasteiger partial charge in [0, 0.05) is 12.1 Å². The highest BCUT2D eigenvalue weighted by atomic mass is 19.4. The molecular weight excluding hydrogens is 477 g/mol. The average molecular weight is 497 g/mol. The molecule has 1 unspecified atom stereocenters. The number of nitrogens with one attached hydrogen (secondary N) is 1. The minimum Gasteiger partial charge on any atom is -0.496 e. The second-order valence-corrected chi connectivity index (χ2v) is 7.48. The van der Waals surface area contributed by atoms with Gasteiger partial charge in [-0.1, -0.05) is 6.07 Å². The van der Waals surface area contributed by atoms with Crippen LogP contribution < -0.4 is 21.5 Å². The number of halogens is 5. The van der Waals surface area contributed by atoms with Crippen molar-refractivity contribution in [1.29, 1.82) is 0 Å². The van der Waals surface area contributed by atoms with Crippen molar-refractivity contribution in [2.45, 2.75) is 25.7 Å². The number of amides is 2. The number of methoxy groups -OCH3 is 1. The number of primary amides is 1. The number of benzene rings is 2. The van der Waals surface area contributed by atoms with Crippen molar-refractivity contribution in [2.75, 3.05) is 12.8 Å². The standard InChI is InChI=1S/C22H20F5N5O3/c1-10(22(25,26)27)32-19(28)17(20(29)33)18(31-32)13-5-3-11(7-15(13)24)9-30-21(34)14-8-12(23)4-6-16(14)35-2/h3-8,10H,9,28H2,1-2H3,(H2,29,33)(H,30,34). The third-order valence-electron chi connectivity index (χ3n) is 5.18. The molecule has 3 rings (SSSR count). The SMILES string of the molecule is COc1ccc(F)cc1C(=O)NCc1ccc(-c2nn(C(C)C(F)(F)F)c(N)c2C(N)=O)c(F)c1. The van der Waals surface area contributed by atoms with Crippen LogP contribution in [0.2, 0.25) is 0 Å². The van der Waals surface area contributed by atoms with E-state index in [1.54, 1.807) is 0 Å². The van der Waals surface area contributed by atoms with Gasteiger partial charge < -0.3 is 21.5 Å². The fourth-order valence-electron chi connectivity index (χ4n) is 3.31. The molecule has 186 valence electrons. The molecule has 35 heavy (non-hydrogen) atoms. The third kappa shape index (κ3) is 5.18. The van der Waals surface area contributed by atoms with Crippen molar-refractivity contribution in [1.82, 2.24) is 15.1 Å². The zero-order chi connectivity index (χ0) is 26.1. The molecule has 1 atom stereocenters. The molecule has 5 N–H and O–H groups in total. The first-order valence-corrected chi connectivity index (χ1v) is 10.00. The monoisotopic (exact) mass is 497 g/mol. The summed E-state index contributed by atoms with van der Waals surface area (Å²) in [5, 5.41) is 6.20. The van der Waals surface area contributed by atoms with E-state index in [9.17, 15) is 31.5 Å². The number of nitrogen functional groups attached to an aromatic ring is 1. The van der Waals surface area contributed by atoms with Crippen LogP contribution in [0.25, 0.3) is 11.3 Å². The first-order chi connectivity index (χ1) is 16.3. The van der Waals surface area contributed by atoms with Crippen LogP contribution in [0.4, 0.5) is 27.8 Å². The maximum atomic E-state index is 14.9. The summed E-state index contributed by atoms with van der Waals surface area (Å²) in [7, 11) is 1.31. The van der Waals surface area contributed by atoms with Crippen molar-refractivity contribution in [3.63, 3.8) is 0 Å². The van der Waals surface area contributed by atoms with E-state index < -0.39 is 52.7 Å². The Kier molecular flexibility index (Phi) is 6.99. The second kappa shape index (κ2) is 9.60. The highest BCUT2D eigenvalue weighted by molar-refractivity contribution is 6.03. The second-order valence-electron chi connectivity index (χ2n) is 7.48. The molecular formula is C22H20F5N5O3. The Morgan fingerprint density at radius 2 is 1.86 bits per heavy atom. The molecule has 0 aliphatic heterocycles. The quantitative estimate of drug-likeness (QED) is 0.431. The summed E-state index contributed by atoms with van der Waals surface area (Å²) >= 11 is 0. The molecule has 13 heteroatoms. The number of carbonyl (C=O) groups is 2. The molecule has 0 aliphatic carbocycles. The summed E-state index contributed by atoms with van der Waals surface area (Å²) in [5.41, 5.74) is 9.80. The first-order valence-electron chi connectivity index (χ1n) is 10.00. The number of aromatic nitrogens is 2. The Morgan fingerprint density at radius 1 is 1.17 bits per heavy atom. The van der Waals surface area contributed by atoms with Gasteiger partial charge in [-0.25, -0.2) is 13.5 Å². The Hall–Kier alpha value is -4.16. The topological polar surface area (TPSA) is 125 Å². The average Bonchev–Trinajstić information content (AvgIpc) is 3.13. The van der Waals surface area contributed by atoms with E-state index in [0.29, 0.717) is 4.68 Å². The molecule has 1 aromatic heterocycles. The summed E-state index contributed by atoms with van der Waals surface area (Å²) in [6, 6.07) is 4.68. The molecule has 2 aromatic carbocycles. The van der Waals surface area contributed by atoms with E-state index in [2.05, 4.69) is 10.4 Å². The lowest BCUT2D eigenvalue weighted by Crippen LogP contribution is -2.26. The van der Waals surface area contributed by atoms with Gasteiger partial charge >= 0.3 is 6.18 Å². The Labute approximate surface area is 195 Å². The van der Waals surface area contributed by atoms with E-state index in [-0.39, 0.29) is 29.0 Å². The van der Waals surface area contributed by atoms with Crippen molar-refractivity contribution >= 4 is 17.6 Å². The zero-order valence-electron chi connectivity index (χ0n) is 18.4. The molecule has 3 aromatic rings. The van der Waals surface area contributed by atoms with Crippen molar-refractivity contribution in [3.8, 4) is 17.0 Å². The summed E-state index contributed by atoms with van der Waals surface area (Å²) in [4.78, 5) is 24.3. The van der Waals surface area contributed by atoms with E-state index in [1.807, 2.05) is 0 Å². The zero-order valence-corrected chi connectivity index (χ0v) is 18.4. The van der Waals surface area contributed by atoms with E-state index >= 15 is 0 Å². The smallest absolute Gasteiger partial charge is 0.410 e. The highest BCUT2D eigenvalue weighted by Gasteiger charge is 2.40. The van der Waals surface area contributed by atoms with Gasteiger partial charge in [0.15, 0.2) is 0 Å². The normalized spacial score (nSPS) is 12.3. The molecule has 0 aliphatic rings. The number of ether oxygens (including phenoxy) is 1. The molecule has 1 heterocycles. The van der Waals surface area contributed by atoms with Gasteiger partial charge in [0.1, 0.15) is 40.5 Å². The van der Waals surface area contributed by atoms with Crippen LogP contribution in [0.1, 0.15) is 39.2 Å².